The van der Waals surface area contributed by atoms with E-state index >= 15 is 0 Å². The van der Waals surface area contributed by atoms with Crippen molar-refractivity contribution in [2.45, 2.75) is 26.3 Å². The van der Waals surface area contributed by atoms with Crippen LogP contribution in [0.1, 0.15) is 30.6 Å². The Hall–Kier alpha value is -4.07. The van der Waals surface area contributed by atoms with Gasteiger partial charge in [0, 0.05) is 11.4 Å². The fourth-order valence-electron chi connectivity index (χ4n) is 4.09. The van der Waals surface area contributed by atoms with Gasteiger partial charge in [0.15, 0.2) is 11.5 Å². The third-order valence-electron chi connectivity index (χ3n) is 5.66. The van der Waals surface area contributed by atoms with E-state index in [1.807, 2.05) is 38.1 Å². The monoisotopic (exact) mass is 428 g/mol. The molecule has 3 heterocycles. The molecule has 0 bridgehead atoms. The third-order valence-corrected chi connectivity index (χ3v) is 5.66. The van der Waals surface area contributed by atoms with Gasteiger partial charge in [-0.25, -0.2) is 19.3 Å². The molecule has 0 amide bonds. The number of imidazole rings is 1. The van der Waals surface area contributed by atoms with Gasteiger partial charge in [0.2, 0.25) is 0 Å². The molecule has 0 spiro atoms. The quantitative estimate of drug-likeness (QED) is 0.425. The lowest BCUT2D eigenvalue weighted by Gasteiger charge is -2.23. The Bertz CT molecular complexity index is 1490. The van der Waals surface area contributed by atoms with Gasteiger partial charge >= 0.3 is 0 Å². The van der Waals surface area contributed by atoms with Crippen LogP contribution in [0.3, 0.4) is 0 Å². The van der Waals surface area contributed by atoms with Crippen molar-refractivity contribution in [1.29, 1.82) is 0 Å². The Kier molecular flexibility index (Phi) is 4.89. The number of nitrogens with one attached hydrogen (secondary N) is 2. The van der Waals surface area contributed by atoms with E-state index in [2.05, 4.69) is 25.3 Å². The third kappa shape index (κ3) is 3.30. The van der Waals surface area contributed by atoms with Crippen molar-refractivity contribution in [2.24, 2.45) is 0 Å². The molecular formula is C24H21FN6O. The number of nitrogens with zero attached hydrogens (tertiary/aromatic N) is 4. The number of anilines is 1. The first-order valence-corrected chi connectivity index (χ1v) is 10.4. The summed E-state index contributed by atoms with van der Waals surface area (Å²) in [6.07, 6.45) is 3.71. The zero-order valence-corrected chi connectivity index (χ0v) is 17.6. The molecule has 32 heavy (non-hydrogen) atoms. The van der Waals surface area contributed by atoms with Crippen molar-refractivity contribution < 1.29 is 4.39 Å². The van der Waals surface area contributed by atoms with Crippen LogP contribution in [-0.4, -0.2) is 24.5 Å². The molecule has 8 heteroatoms. The largest absolute Gasteiger partial charge is 0.360 e. The van der Waals surface area contributed by atoms with E-state index in [0.29, 0.717) is 34.5 Å². The van der Waals surface area contributed by atoms with Crippen molar-refractivity contribution >= 4 is 27.8 Å². The molecule has 5 aromatic rings. The lowest BCUT2D eigenvalue weighted by molar-refractivity contribution is 0.626. The summed E-state index contributed by atoms with van der Waals surface area (Å²) >= 11 is 0. The van der Waals surface area contributed by atoms with Crippen molar-refractivity contribution in [3.05, 3.63) is 88.6 Å². The molecule has 0 aliphatic rings. The van der Waals surface area contributed by atoms with Gasteiger partial charge in [-0.15, -0.1) is 0 Å². The molecule has 5 rings (SSSR count). The predicted octanol–water partition coefficient (Wildman–Crippen LogP) is 4.67. The van der Waals surface area contributed by atoms with Crippen LogP contribution in [0.4, 0.5) is 10.2 Å². The maximum atomic E-state index is 13.7. The summed E-state index contributed by atoms with van der Waals surface area (Å²) in [6, 6.07) is 13.5. The lowest BCUT2D eigenvalue weighted by atomic mass is 10.0. The van der Waals surface area contributed by atoms with Gasteiger partial charge in [0.05, 0.1) is 17.8 Å². The number of aryl methyl sites for hydroxylation is 1. The molecule has 0 aliphatic heterocycles. The SMILES string of the molecule is CCC(Nc1ncnc2[nH]cnc12)c1cc2cccc(C)c2c(=O)n1-c1ccc(F)cc1. The van der Waals surface area contributed by atoms with E-state index in [4.69, 9.17) is 0 Å². The zero-order chi connectivity index (χ0) is 22.2. The van der Waals surface area contributed by atoms with Crippen molar-refractivity contribution in [1.82, 2.24) is 24.5 Å². The minimum atomic E-state index is -0.354. The number of halogens is 1. The van der Waals surface area contributed by atoms with Crippen molar-refractivity contribution in [3.8, 4) is 5.69 Å². The maximum Gasteiger partial charge on any atom is 0.263 e. The highest BCUT2D eigenvalue weighted by atomic mass is 19.1. The van der Waals surface area contributed by atoms with E-state index in [1.54, 1.807) is 23.0 Å². The Labute approximate surface area is 183 Å². The molecular weight excluding hydrogens is 407 g/mol. The smallest absolute Gasteiger partial charge is 0.263 e. The molecule has 0 saturated carbocycles. The fourth-order valence-corrected chi connectivity index (χ4v) is 4.09. The standard InChI is InChI=1S/C24H21FN6O/c1-3-18(30-23-21-22(27-12-26-21)28-13-29-23)19-11-15-6-4-5-14(2)20(15)24(32)31(19)17-9-7-16(25)8-10-17/h4-13,18H,3H2,1-2H3,(H2,26,27,28,29,30). The molecule has 0 saturated heterocycles. The molecule has 160 valence electrons. The van der Waals surface area contributed by atoms with Gasteiger partial charge in [0.25, 0.3) is 5.56 Å². The van der Waals surface area contributed by atoms with Crippen LogP contribution in [0.5, 0.6) is 0 Å². The molecule has 1 unspecified atom stereocenters. The van der Waals surface area contributed by atoms with Gasteiger partial charge in [-0.05, 0) is 54.6 Å². The minimum absolute atomic E-state index is 0.143. The predicted molar refractivity (Wildman–Crippen MR) is 123 cm³/mol. The number of rotatable bonds is 5. The van der Waals surface area contributed by atoms with Crippen molar-refractivity contribution in [2.75, 3.05) is 5.32 Å². The number of fused-ring (bicyclic) bond motifs is 2. The van der Waals surface area contributed by atoms with E-state index < -0.39 is 0 Å². The molecule has 0 radical (unpaired) electrons. The highest BCUT2D eigenvalue weighted by molar-refractivity contribution is 5.86. The first kappa shape index (κ1) is 19.9. The Morgan fingerprint density at radius 2 is 1.94 bits per heavy atom. The molecule has 1 atom stereocenters. The Morgan fingerprint density at radius 3 is 2.72 bits per heavy atom. The summed E-state index contributed by atoms with van der Waals surface area (Å²) in [5.74, 6) is 0.220. The normalized spacial score (nSPS) is 12.3. The summed E-state index contributed by atoms with van der Waals surface area (Å²) in [5.41, 5.74) is 3.36. The van der Waals surface area contributed by atoms with Crippen LogP contribution in [0, 0.1) is 12.7 Å². The lowest BCUT2D eigenvalue weighted by Crippen LogP contribution is -2.27. The number of pyridine rings is 1. The summed E-state index contributed by atoms with van der Waals surface area (Å²) in [5, 5.41) is 4.94. The summed E-state index contributed by atoms with van der Waals surface area (Å²) in [6.45, 7) is 3.95. The summed E-state index contributed by atoms with van der Waals surface area (Å²) in [4.78, 5) is 29.5. The second kappa shape index (κ2) is 7.88. The molecule has 2 aromatic carbocycles. The minimum Gasteiger partial charge on any atom is -0.360 e. The van der Waals surface area contributed by atoms with Crippen LogP contribution < -0.4 is 10.9 Å². The van der Waals surface area contributed by atoms with Gasteiger partial charge in [0.1, 0.15) is 17.7 Å². The van der Waals surface area contributed by atoms with Gasteiger partial charge in [-0.1, -0.05) is 25.1 Å². The van der Waals surface area contributed by atoms with Gasteiger partial charge in [-0.3, -0.25) is 9.36 Å². The Balaban J connectivity index is 1.74. The van der Waals surface area contributed by atoms with Crippen LogP contribution in [-0.2, 0) is 0 Å². The van der Waals surface area contributed by atoms with Crippen molar-refractivity contribution in [3.63, 3.8) is 0 Å². The zero-order valence-electron chi connectivity index (χ0n) is 17.6. The number of H-pyrrole nitrogens is 1. The van der Waals surface area contributed by atoms with Gasteiger partial charge < -0.3 is 10.3 Å². The number of hydrogen-bond donors (Lipinski definition) is 2. The van der Waals surface area contributed by atoms with Crippen LogP contribution in [0.2, 0.25) is 0 Å². The maximum absolute atomic E-state index is 13.7. The molecule has 0 fully saturated rings. The number of aromatic nitrogens is 5. The van der Waals surface area contributed by atoms with Crippen LogP contribution in [0.15, 0.2) is 66.0 Å². The van der Waals surface area contributed by atoms with Crippen LogP contribution in [0.25, 0.3) is 27.6 Å². The number of aromatic amines is 1. The summed E-state index contributed by atoms with van der Waals surface area (Å²) in [7, 11) is 0. The summed E-state index contributed by atoms with van der Waals surface area (Å²) < 4.78 is 15.3. The second-order valence-corrected chi connectivity index (χ2v) is 7.65. The fraction of sp³-hybridized carbons (Fsp3) is 0.167. The molecule has 2 N–H and O–H groups in total. The Morgan fingerprint density at radius 1 is 1.12 bits per heavy atom. The average molecular weight is 428 g/mol. The number of benzene rings is 2. The van der Waals surface area contributed by atoms with E-state index in [-0.39, 0.29) is 17.4 Å². The topological polar surface area (TPSA) is 88.5 Å². The van der Waals surface area contributed by atoms with E-state index in [0.717, 1.165) is 16.6 Å². The van der Waals surface area contributed by atoms with Crippen LogP contribution >= 0.6 is 0 Å². The first-order valence-electron chi connectivity index (χ1n) is 10.4. The highest BCUT2D eigenvalue weighted by Crippen LogP contribution is 2.28. The van der Waals surface area contributed by atoms with E-state index in [9.17, 15) is 9.18 Å². The molecule has 0 aliphatic carbocycles. The van der Waals surface area contributed by atoms with Gasteiger partial charge in [-0.2, -0.15) is 0 Å². The number of hydrogen-bond acceptors (Lipinski definition) is 5. The second-order valence-electron chi connectivity index (χ2n) is 7.65. The highest BCUT2D eigenvalue weighted by Gasteiger charge is 2.21. The molecule has 7 nitrogen and oxygen atoms in total. The average Bonchev–Trinajstić information content (AvgIpc) is 3.28. The van der Waals surface area contributed by atoms with E-state index in [1.165, 1.54) is 18.5 Å². The first-order chi connectivity index (χ1) is 15.6. The molecule has 3 aromatic heterocycles.